The minimum Gasteiger partial charge on any atom is -0.408 e. The Morgan fingerprint density at radius 1 is 0.808 bits per heavy atom. The van der Waals surface area contributed by atoms with E-state index in [-0.39, 0.29) is 0 Å². The third-order valence-corrected chi connectivity index (χ3v) is 2.78. The van der Waals surface area contributed by atoms with Gasteiger partial charge in [0.05, 0.1) is 6.72 Å². The molecule has 2 aromatic rings. The van der Waals surface area contributed by atoms with Crippen LogP contribution in [0.3, 0.4) is 0 Å². The van der Waals surface area contributed by atoms with Crippen LogP contribution in [0.15, 0.2) is 78.0 Å². The van der Waals surface area contributed by atoms with E-state index in [4.69, 9.17) is 5.41 Å². The first kappa shape index (κ1) is 20.2. The predicted molar refractivity (Wildman–Crippen MR) is 99.8 cm³/mol. The lowest BCUT2D eigenvalue weighted by molar-refractivity contribution is -0.138. The Morgan fingerprint density at radius 2 is 1.27 bits per heavy atom. The van der Waals surface area contributed by atoms with Crippen molar-refractivity contribution in [1.29, 1.82) is 0 Å². The van der Waals surface area contributed by atoms with E-state index in [1.165, 1.54) is 12.2 Å². The van der Waals surface area contributed by atoms with E-state index in [1.54, 1.807) is 12.2 Å². The zero-order valence-electron chi connectivity index (χ0n) is 13.8. The Morgan fingerprint density at radius 3 is 1.77 bits per heavy atom. The molecule has 2 radical (unpaired) electrons. The van der Waals surface area contributed by atoms with E-state index in [0.29, 0.717) is 0 Å². The molecule has 26 heavy (non-hydrogen) atoms. The number of benzene rings is 2. The second-order valence-corrected chi connectivity index (χ2v) is 4.55. The molecule has 0 saturated carbocycles. The number of carbonyl (C=O) groups is 2. The molecule has 0 aromatic heterocycles. The summed E-state index contributed by atoms with van der Waals surface area (Å²) >= 11 is 0. The fourth-order valence-electron chi connectivity index (χ4n) is 1.67. The average molecular weight is 348 g/mol. The highest BCUT2D eigenvalue weighted by Crippen LogP contribution is 2.02. The molecule has 2 rings (SSSR count). The summed E-state index contributed by atoms with van der Waals surface area (Å²) in [7, 11) is 0. The third kappa shape index (κ3) is 8.73. The number of carbonyl (C=O) groups excluding carboxylic acids is 2. The standard InChI is InChI=1S/C19H15NO4.CHN/c21-18(13-11-16-7-3-1-4-8-16)23-15-20-24-19(22)14-12-17-9-5-2-6-10-17;1-2/h1-15H;1H. The molecule has 130 valence electrons. The summed E-state index contributed by atoms with van der Waals surface area (Å²) in [6.45, 7) is 3.50. The molecule has 0 aliphatic heterocycles. The SMILES string of the molecule is O=C(C=Cc1ccccc1)OC=NOC(=O)C=Cc1ccccc1.[CH]=[N]. The van der Waals surface area contributed by atoms with Crippen molar-refractivity contribution in [3.8, 4) is 0 Å². The van der Waals surface area contributed by atoms with Crippen molar-refractivity contribution in [2.24, 2.45) is 5.16 Å². The molecule has 0 atom stereocenters. The maximum absolute atomic E-state index is 11.4. The Hall–Kier alpha value is -3.80. The van der Waals surface area contributed by atoms with E-state index in [9.17, 15) is 9.59 Å². The van der Waals surface area contributed by atoms with Gasteiger partial charge in [-0.1, -0.05) is 60.7 Å². The molecular formula is C20H16N2O4. The lowest BCUT2D eigenvalue weighted by Gasteiger charge is -1.94. The molecule has 6 nitrogen and oxygen atoms in total. The van der Waals surface area contributed by atoms with Gasteiger partial charge in [-0.25, -0.2) is 9.59 Å². The average Bonchev–Trinajstić information content (AvgIpc) is 2.71. The van der Waals surface area contributed by atoms with Gasteiger partial charge in [0.1, 0.15) is 0 Å². The summed E-state index contributed by atoms with van der Waals surface area (Å²) in [6, 6.07) is 18.5. The topological polar surface area (TPSA) is 87.3 Å². The quantitative estimate of drug-likeness (QED) is 0.201. The van der Waals surface area contributed by atoms with Crippen LogP contribution in [0.2, 0.25) is 0 Å². The van der Waals surface area contributed by atoms with Crippen LogP contribution in [-0.4, -0.2) is 25.1 Å². The van der Waals surface area contributed by atoms with Gasteiger partial charge in [0, 0.05) is 12.2 Å². The van der Waals surface area contributed by atoms with Gasteiger partial charge in [-0.05, 0) is 28.4 Å². The molecule has 6 heteroatoms. The maximum Gasteiger partial charge on any atom is 0.358 e. The number of ether oxygens (including phenoxy) is 1. The molecule has 0 aliphatic carbocycles. The molecule has 0 N–H and O–H groups in total. The summed E-state index contributed by atoms with van der Waals surface area (Å²) in [5.74, 6) is -1.30. The highest BCUT2D eigenvalue weighted by molar-refractivity contribution is 5.91. The lowest BCUT2D eigenvalue weighted by atomic mass is 10.2. The molecule has 0 heterocycles. The van der Waals surface area contributed by atoms with Gasteiger partial charge in [0.2, 0.25) is 6.40 Å². The normalized spacial score (nSPS) is 10.5. The minimum atomic E-state index is -0.675. The van der Waals surface area contributed by atoms with Crippen molar-refractivity contribution >= 4 is 37.2 Å². The van der Waals surface area contributed by atoms with Crippen LogP contribution in [0, 0.1) is 0 Å². The van der Waals surface area contributed by atoms with Crippen LogP contribution in [0.5, 0.6) is 0 Å². The molecule has 0 fully saturated rings. The van der Waals surface area contributed by atoms with Gasteiger partial charge >= 0.3 is 11.9 Å². The Balaban J connectivity index is 0.00000163. The summed E-state index contributed by atoms with van der Waals surface area (Å²) in [5.41, 5.74) is 1.72. The highest BCUT2D eigenvalue weighted by Gasteiger charge is 1.97. The van der Waals surface area contributed by atoms with Crippen LogP contribution in [0.1, 0.15) is 11.1 Å². The van der Waals surface area contributed by atoms with Crippen molar-refractivity contribution in [3.63, 3.8) is 0 Å². The Labute approximate surface area is 151 Å². The van der Waals surface area contributed by atoms with Gasteiger partial charge in [0.25, 0.3) is 0 Å². The van der Waals surface area contributed by atoms with Crippen LogP contribution >= 0.6 is 0 Å². The molecule has 0 amide bonds. The van der Waals surface area contributed by atoms with E-state index >= 15 is 0 Å². The van der Waals surface area contributed by atoms with Crippen LogP contribution in [0.4, 0.5) is 0 Å². The van der Waals surface area contributed by atoms with E-state index in [1.807, 2.05) is 60.7 Å². The van der Waals surface area contributed by atoms with Crippen molar-refractivity contribution < 1.29 is 19.2 Å². The predicted octanol–water partition coefficient (Wildman–Crippen LogP) is 2.81. The van der Waals surface area contributed by atoms with Gasteiger partial charge in [0.15, 0.2) is 0 Å². The number of rotatable bonds is 6. The zero-order chi connectivity index (χ0) is 19.0. The maximum atomic E-state index is 11.4. The van der Waals surface area contributed by atoms with Gasteiger partial charge in [-0.3, -0.25) is 0 Å². The van der Waals surface area contributed by atoms with E-state index < -0.39 is 11.9 Å². The number of nitrogens with zero attached hydrogens (tertiary/aromatic N) is 2. The number of hydrogen-bond acceptors (Lipinski definition) is 5. The molecule has 0 bridgehead atoms. The fraction of sp³-hybridized carbons (Fsp3) is 0. The van der Waals surface area contributed by atoms with Crippen molar-refractivity contribution in [2.75, 3.05) is 0 Å². The van der Waals surface area contributed by atoms with Crippen LogP contribution < -0.4 is 5.41 Å². The van der Waals surface area contributed by atoms with Crippen molar-refractivity contribution in [3.05, 3.63) is 83.9 Å². The van der Waals surface area contributed by atoms with E-state index in [2.05, 4.69) is 21.4 Å². The number of esters is 1. The van der Waals surface area contributed by atoms with Crippen molar-refractivity contribution in [1.82, 2.24) is 5.41 Å². The van der Waals surface area contributed by atoms with Crippen molar-refractivity contribution in [2.45, 2.75) is 0 Å². The fourth-order valence-corrected chi connectivity index (χ4v) is 1.67. The largest absolute Gasteiger partial charge is 0.408 e. The second kappa shape index (κ2) is 12.6. The molecule has 0 unspecified atom stereocenters. The number of oxime groups is 1. The first-order valence-corrected chi connectivity index (χ1v) is 7.39. The number of hydrogen-bond donors (Lipinski definition) is 0. The molecular weight excluding hydrogens is 332 g/mol. The first-order chi connectivity index (χ1) is 12.7. The molecule has 2 aromatic carbocycles. The van der Waals surface area contributed by atoms with Crippen LogP contribution in [-0.2, 0) is 19.2 Å². The molecule has 0 spiro atoms. The molecule has 0 saturated heterocycles. The second-order valence-electron chi connectivity index (χ2n) is 4.55. The third-order valence-electron chi connectivity index (χ3n) is 2.78. The summed E-state index contributed by atoms with van der Waals surface area (Å²) in [6.07, 6.45) is 6.44. The lowest BCUT2D eigenvalue weighted by Crippen LogP contribution is -2.00. The summed E-state index contributed by atoms with van der Waals surface area (Å²) in [4.78, 5) is 27.3. The highest BCUT2D eigenvalue weighted by atomic mass is 16.7. The minimum absolute atomic E-state index is 0.626. The monoisotopic (exact) mass is 348 g/mol. The van der Waals surface area contributed by atoms with Crippen LogP contribution in [0.25, 0.3) is 12.2 Å². The zero-order valence-corrected chi connectivity index (χ0v) is 13.8. The molecule has 0 aliphatic rings. The Kier molecular flexibility index (Phi) is 9.81. The summed E-state index contributed by atoms with van der Waals surface area (Å²) < 4.78 is 4.66. The first-order valence-electron chi connectivity index (χ1n) is 7.39. The van der Waals surface area contributed by atoms with Gasteiger partial charge in [-0.2, -0.15) is 5.41 Å². The van der Waals surface area contributed by atoms with Gasteiger partial charge in [-0.15, -0.1) is 0 Å². The smallest absolute Gasteiger partial charge is 0.358 e. The van der Waals surface area contributed by atoms with E-state index in [0.717, 1.165) is 17.5 Å². The Bertz CT molecular complexity index is 703. The van der Waals surface area contributed by atoms with Gasteiger partial charge < -0.3 is 9.57 Å². The summed E-state index contributed by atoms with van der Waals surface area (Å²) in [5, 5.41) is 9.78.